The second kappa shape index (κ2) is 4.93. The van der Waals surface area contributed by atoms with Crippen molar-refractivity contribution >= 4 is 28.1 Å². The zero-order valence-electron chi connectivity index (χ0n) is 10.3. The van der Waals surface area contributed by atoms with Crippen molar-refractivity contribution in [3.05, 3.63) is 46.0 Å². The number of nitrogen functional groups attached to an aromatic ring is 1. The van der Waals surface area contributed by atoms with Gasteiger partial charge in [-0.25, -0.2) is 4.79 Å². The molecule has 98 valence electrons. The van der Waals surface area contributed by atoms with E-state index >= 15 is 0 Å². The summed E-state index contributed by atoms with van der Waals surface area (Å²) in [4.78, 5) is 21.9. The normalized spacial score (nSPS) is 10.4. The third kappa shape index (κ3) is 2.33. The molecule has 6 nitrogen and oxygen atoms in total. The van der Waals surface area contributed by atoms with Crippen molar-refractivity contribution in [1.29, 1.82) is 0 Å². The predicted octanol–water partition coefficient (Wildman–Crippen LogP) is 2.51. The van der Waals surface area contributed by atoms with E-state index in [1.807, 2.05) is 0 Å². The number of carbonyl (C=O) groups is 1. The number of non-ortho nitro benzene ring substituents is 1. The number of esters is 1. The number of rotatable bonds is 3. The Morgan fingerprint density at radius 3 is 2.74 bits per heavy atom. The van der Waals surface area contributed by atoms with Crippen LogP contribution in [-0.2, 0) is 4.74 Å². The van der Waals surface area contributed by atoms with Crippen molar-refractivity contribution in [3.63, 3.8) is 0 Å². The smallest absolute Gasteiger partial charge is 0.340 e. The van der Waals surface area contributed by atoms with E-state index in [1.54, 1.807) is 13.0 Å². The first-order chi connectivity index (χ1) is 9.04. The van der Waals surface area contributed by atoms with Crippen LogP contribution in [0.2, 0.25) is 0 Å². The fourth-order valence-corrected chi connectivity index (χ4v) is 1.84. The molecule has 0 spiro atoms. The second-order valence-corrected chi connectivity index (χ2v) is 3.91. The molecule has 0 saturated carbocycles. The highest BCUT2D eigenvalue weighted by atomic mass is 16.6. The van der Waals surface area contributed by atoms with Crippen LogP contribution in [0, 0.1) is 10.1 Å². The lowest BCUT2D eigenvalue weighted by Gasteiger charge is -2.08. The van der Waals surface area contributed by atoms with Crippen LogP contribution >= 0.6 is 0 Å². The number of hydrogen-bond donors (Lipinski definition) is 1. The molecule has 0 aliphatic heterocycles. The lowest BCUT2D eigenvalue weighted by Crippen LogP contribution is -2.08. The standard InChI is InChI=1S/C13H12N2O4/c1-2-19-13(16)11-5-3-8-7-9(15(17)18)4-6-10(8)12(11)14/h3-7H,2,14H2,1H3. The summed E-state index contributed by atoms with van der Waals surface area (Å²) in [5.41, 5.74) is 6.42. The molecule has 0 radical (unpaired) electrons. The van der Waals surface area contributed by atoms with Gasteiger partial charge in [-0.15, -0.1) is 0 Å². The first-order valence-corrected chi connectivity index (χ1v) is 5.68. The Labute approximate surface area is 108 Å². The third-order valence-electron chi connectivity index (χ3n) is 2.75. The van der Waals surface area contributed by atoms with Gasteiger partial charge in [0.25, 0.3) is 5.69 Å². The summed E-state index contributed by atoms with van der Waals surface area (Å²) in [6.45, 7) is 1.97. The Morgan fingerprint density at radius 2 is 2.11 bits per heavy atom. The van der Waals surface area contributed by atoms with Gasteiger partial charge in [-0.3, -0.25) is 10.1 Å². The lowest BCUT2D eigenvalue weighted by molar-refractivity contribution is -0.384. The van der Waals surface area contributed by atoms with Crippen molar-refractivity contribution in [2.75, 3.05) is 12.3 Å². The van der Waals surface area contributed by atoms with Gasteiger partial charge in [0.2, 0.25) is 0 Å². The van der Waals surface area contributed by atoms with Crippen molar-refractivity contribution in [2.45, 2.75) is 6.92 Å². The van der Waals surface area contributed by atoms with Gasteiger partial charge in [0.1, 0.15) is 0 Å². The summed E-state index contributed by atoms with van der Waals surface area (Å²) < 4.78 is 4.89. The van der Waals surface area contributed by atoms with Crippen LogP contribution < -0.4 is 5.73 Å². The average molecular weight is 260 g/mol. The number of carbonyl (C=O) groups excluding carboxylic acids is 1. The van der Waals surface area contributed by atoms with Crippen molar-refractivity contribution < 1.29 is 14.5 Å². The number of nitro groups is 1. The molecule has 0 unspecified atom stereocenters. The number of hydrogen-bond acceptors (Lipinski definition) is 5. The van der Waals surface area contributed by atoms with E-state index < -0.39 is 10.9 Å². The second-order valence-electron chi connectivity index (χ2n) is 3.91. The van der Waals surface area contributed by atoms with Gasteiger partial charge in [-0.2, -0.15) is 0 Å². The van der Waals surface area contributed by atoms with E-state index in [0.29, 0.717) is 10.8 Å². The summed E-state index contributed by atoms with van der Waals surface area (Å²) in [5, 5.41) is 11.9. The number of fused-ring (bicyclic) bond motifs is 1. The highest BCUT2D eigenvalue weighted by molar-refractivity contribution is 6.06. The van der Waals surface area contributed by atoms with Crippen LogP contribution in [0.5, 0.6) is 0 Å². The van der Waals surface area contributed by atoms with Gasteiger partial charge in [0.15, 0.2) is 0 Å². The molecule has 6 heteroatoms. The van der Waals surface area contributed by atoms with Gasteiger partial charge in [0.05, 0.1) is 22.8 Å². The van der Waals surface area contributed by atoms with Crippen LogP contribution in [0.15, 0.2) is 30.3 Å². The molecule has 0 bridgehead atoms. The molecule has 19 heavy (non-hydrogen) atoms. The molecule has 0 aliphatic carbocycles. The predicted molar refractivity (Wildman–Crippen MR) is 71.0 cm³/mol. The highest BCUT2D eigenvalue weighted by Crippen LogP contribution is 2.28. The summed E-state index contributed by atoms with van der Waals surface area (Å²) in [7, 11) is 0. The van der Waals surface area contributed by atoms with Crippen LogP contribution in [-0.4, -0.2) is 17.5 Å². The number of nitrogens with zero attached hydrogens (tertiary/aromatic N) is 1. The number of nitrogens with two attached hydrogens (primary N) is 1. The first-order valence-electron chi connectivity index (χ1n) is 5.68. The van der Waals surface area contributed by atoms with Crippen LogP contribution in [0.3, 0.4) is 0 Å². The minimum Gasteiger partial charge on any atom is -0.462 e. The SMILES string of the molecule is CCOC(=O)c1ccc2cc([N+](=O)[O-])ccc2c1N. The Morgan fingerprint density at radius 1 is 1.37 bits per heavy atom. The molecule has 0 fully saturated rings. The Kier molecular flexibility index (Phi) is 3.33. The quantitative estimate of drug-likeness (QED) is 0.396. The molecule has 0 atom stereocenters. The number of anilines is 1. The zero-order chi connectivity index (χ0) is 14.0. The summed E-state index contributed by atoms with van der Waals surface area (Å²) in [5.74, 6) is -0.500. The van der Waals surface area contributed by atoms with Gasteiger partial charge < -0.3 is 10.5 Å². The fraction of sp³-hybridized carbons (Fsp3) is 0.154. The molecule has 0 amide bonds. The van der Waals surface area contributed by atoms with Gasteiger partial charge in [-0.05, 0) is 24.4 Å². The fourth-order valence-electron chi connectivity index (χ4n) is 1.84. The van der Waals surface area contributed by atoms with E-state index in [4.69, 9.17) is 10.5 Å². The van der Waals surface area contributed by atoms with Crippen LogP contribution in [0.1, 0.15) is 17.3 Å². The topological polar surface area (TPSA) is 95.5 Å². The highest BCUT2D eigenvalue weighted by Gasteiger charge is 2.14. The Bertz CT molecular complexity index is 667. The van der Waals surface area contributed by atoms with Crippen molar-refractivity contribution in [2.24, 2.45) is 0 Å². The number of ether oxygens (including phenoxy) is 1. The van der Waals surface area contributed by atoms with Crippen LogP contribution in [0.4, 0.5) is 11.4 Å². The van der Waals surface area contributed by atoms with Crippen molar-refractivity contribution in [3.8, 4) is 0 Å². The minimum atomic E-state index is -0.500. The molecular weight excluding hydrogens is 248 g/mol. The largest absolute Gasteiger partial charge is 0.462 e. The van der Waals surface area contributed by atoms with E-state index in [0.717, 1.165) is 0 Å². The van der Waals surface area contributed by atoms with E-state index in [2.05, 4.69) is 0 Å². The first kappa shape index (κ1) is 12.8. The average Bonchev–Trinajstić information content (AvgIpc) is 2.38. The molecule has 2 rings (SSSR count). The maximum absolute atomic E-state index is 11.7. The van der Waals surface area contributed by atoms with E-state index in [-0.39, 0.29) is 23.5 Å². The van der Waals surface area contributed by atoms with Crippen molar-refractivity contribution in [1.82, 2.24) is 0 Å². The van der Waals surface area contributed by atoms with E-state index in [9.17, 15) is 14.9 Å². The maximum atomic E-state index is 11.7. The van der Waals surface area contributed by atoms with Gasteiger partial charge in [-0.1, -0.05) is 6.07 Å². The molecule has 2 aromatic rings. The van der Waals surface area contributed by atoms with Crippen LogP contribution in [0.25, 0.3) is 10.8 Å². The monoisotopic (exact) mass is 260 g/mol. The van der Waals surface area contributed by atoms with E-state index in [1.165, 1.54) is 24.3 Å². The summed E-state index contributed by atoms with van der Waals surface area (Å²) in [6.07, 6.45) is 0. The van der Waals surface area contributed by atoms with Gasteiger partial charge in [0, 0.05) is 17.5 Å². The Balaban J connectivity index is 2.57. The number of nitro benzene ring substituents is 1. The van der Waals surface area contributed by atoms with Gasteiger partial charge >= 0.3 is 5.97 Å². The molecule has 0 heterocycles. The number of benzene rings is 2. The molecule has 2 N–H and O–H groups in total. The molecule has 0 saturated heterocycles. The molecular formula is C13H12N2O4. The summed E-state index contributed by atoms with van der Waals surface area (Å²) in [6, 6.07) is 7.43. The molecule has 0 aliphatic rings. The summed E-state index contributed by atoms with van der Waals surface area (Å²) >= 11 is 0. The molecule has 0 aromatic heterocycles. The molecule has 2 aromatic carbocycles. The lowest BCUT2D eigenvalue weighted by atomic mass is 10.0. The minimum absolute atomic E-state index is 0.0178. The zero-order valence-corrected chi connectivity index (χ0v) is 10.3. The Hall–Kier alpha value is -2.63. The maximum Gasteiger partial charge on any atom is 0.340 e. The third-order valence-corrected chi connectivity index (χ3v) is 2.75.